The first kappa shape index (κ1) is 18.6. The second-order valence-corrected chi connectivity index (χ2v) is 6.23. The first-order valence-electron chi connectivity index (χ1n) is 7.68. The van der Waals surface area contributed by atoms with Crippen molar-refractivity contribution in [3.8, 4) is 24.0 Å². The topological polar surface area (TPSA) is 125 Å². The van der Waals surface area contributed by atoms with Crippen molar-refractivity contribution in [1.82, 2.24) is 0 Å². The molecule has 2 rings (SSSR count). The molecule has 1 aromatic rings. The fraction of sp³-hybridized carbons (Fsp3) is 0.263. The first-order chi connectivity index (χ1) is 12.3. The summed E-state index contributed by atoms with van der Waals surface area (Å²) in [6, 6.07) is 12.6. The molecule has 2 N–H and O–H groups in total. The fourth-order valence-corrected chi connectivity index (χ4v) is 2.68. The Labute approximate surface area is 151 Å². The van der Waals surface area contributed by atoms with Gasteiger partial charge >= 0.3 is 0 Å². The number of allylic oxidation sites excluding steroid dienone is 4. The maximum Gasteiger partial charge on any atom is 0.209 e. The third-order valence-electron chi connectivity index (χ3n) is 4.30. The Morgan fingerprint density at radius 3 is 2.27 bits per heavy atom. The number of aliphatic hydroxyl groups is 1. The van der Waals surface area contributed by atoms with Crippen molar-refractivity contribution >= 4 is 11.9 Å². The summed E-state index contributed by atoms with van der Waals surface area (Å²) < 4.78 is 5.07. The van der Waals surface area contributed by atoms with E-state index in [4.69, 9.17) is 4.74 Å². The van der Waals surface area contributed by atoms with Gasteiger partial charge in [0.05, 0.1) is 31.2 Å². The number of anilines is 1. The summed E-state index contributed by atoms with van der Waals surface area (Å²) in [6.07, 6.45) is 2.97. The Kier molecular flexibility index (Phi) is 5.01. The van der Waals surface area contributed by atoms with Crippen molar-refractivity contribution < 1.29 is 9.84 Å². The van der Waals surface area contributed by atoms with Gasteiger partial charge in [-0.1, -0.05) is 19.9 Å². The molecular weight excluding hydrogens is 330 g/mol. The zero-order valence-corrected chi connectivity index (χ0v) is 14.6. The Hall–Kier alpha value is -3.76. The van der Waals surface area contributed by atoms with E-state index in [0.29, 0.717) is 17.0 Å². The lowest BCUT2D eigenvalue weighted by atomic mass is 9.61. The lowest BCUT2D eigenvalue weighted by molar-refractivity contribution is 0.206. The summed E-state index contributed by atoms with van der Waals surface area (Å²) in [5, 5.41) is 42.8. The largest absolute Gasteiger partial charge is 0.508 e. The number of methoxy groups -OCH3 is 1. The van der Waals surface area contributed by atoms with Crippen LogP contribution in [0.5, 0.6) is 5.75 Å². The van der Waals surface area contributed by atoms with E-state index in [0.717, 1.165) is 0 Å². The van der Waals surface area contributed by atoms with Crippen LogP contribution in [0.3, 0.4) is 0 Å². The van der Waals surface area contributed by atoms with Gasteiger partial charge in [0, 0.05) is 11.0 Å². The van der Waals surface area contributed by atoms with Crippen molar-refractivity contribution in [2.75, 3.05) is 12.5 Å². The number of nitriles is 3. The number of ether oxygens (including phenoxy) is 1. The number of hydrogen-bond donors (Lipinski definition) is 2. The van der Waals surface area contributed by atoms with Crippen LogP contribution in [0.2, 0.25) is 0 Å². The number of nitrogens with zero attached hydrogens (tertiary/aromatic N) is 4. The summed E-state index contributed by atoms with van der Waals surface area (Å²) in [5.41, 5.74) is 0.863. The summed E-state index contributed by atoms with van der Waals surface area (Å²) in [7, 11) is 1.57. The Morgan fingerprint density at radius 1 is 1.15 bits per heavy atom. The standard InChI is InChI=1S/C19H17N5O2/c1-18(2)8-13(16(9-20)17(25)19(18,11-21)12-22)10-23-24-14-4-6-15(26-3)7-5-14/h4-8,10,24-25H,1-3H3/b23-10+. The summed E-state index contributed by atoms with van der Waals surface area (Å²) >= 11 is 0. The third kappa shape index (κ3) is 2.97. The van der Waals surface area contributed by atoms with Gasteiger partial charge < -0.3 is 9.84 Å². The molecule has 1 aliphatic carbocycles. The van der Waals surface area contributed by atoms with E-state index in [-0.39, 0.29) is 5.57 Å². The average Bonchev–Trinajstić information content (AvgIpc) is 2.63. The highest BCUT2D eigenvalue weighted by atomic mass is 16.5. The monoisotopic (exact) mass is 347 g/mol. The molecule has 0 radical (unpaired) electrons. The smallest absolute Gasteiger partial charge is 0.209 e. The van der Waals surface area contributed by atoms with Crippen LogP contribution in [0.15, 0.2) is 52.3 Å². The molecule has 0 aliphatic heterocycles. The van der Waals surface area contributed by atoms with Crippen LogP contribution in [-0.2, 0) is 0 Å². The molecule has 0 fully saturated rings. The number of benzene rings is 1. The maximum atomic E-state index is 10.4. The molecule has 0 saturated carbocycles. The van der Waals surface area contributed by atoms with E-state index in [2.05, 4.69) is 10.5 Å². The van der Waals surface area contributed by atoms with Crippen LogP contribution in [0.4, 0.5) is 5.69 Å². The SMILES string of the molecule is COc1ccc(N/N=C/C2=CC(C)(C)C(C#N)(C#N)C(O)=C2C#N)cc1. The predicted molar refractivity (Wildman–Crippen MR) is 95.9 cm³/mol. The minimum Gasteiger partial charge on any atom is -0.508 e. The van der Waals surface area contributed by atoms with E-state index in [1.54, 1.807) is 51.3 Å². The molecular formula is C19H17N5O2. The van der Waals surface area contributed by atoms with Crippen LogP contribution in [0, 0.1) is 44.8 Å². The zero-order chi connectivity index (χ0) is 19.4. The van der Waals surface area contributed by atoms with Gasteiger partial charge in [0.15, 0.2) is 0 Å². The molecule has 0 amide bonds. The van der Waals surface area contributed by atoms with Gasteiger partial charge in [-0.15, -0.1) is 0 Å². The summed E-state index contributed by atoms with van der Waals surface area (Å²) in [6.45, 7) is 3.29. The van der Waals surface area contributed by atoms with Crippen molar-refractivity contribution in [2.45, 2.75) is 13.8 Å². The van der Waals surface area contributed by atoms with Crippen molar-refractivity contribution in [3.63, 3.8) is 0 Å². The molecule has 0 bridgehead atoms. The van der Waals surface area contributed by atoms with E-state index in [9.17, 15) is 20.9 Å². The molecule has 7 heteroatoms. The molecule has 0 heterocycles. The highest BCUT2D eigenvalue weighted by Gasteiger charge is 2.53. The highest BCUT2D eigenvalue weighted by molar-refractivity contribution is 5.88. The number of hydrogen-bond acceptors (Lipinski definition) is 7. The fourth-order valence-electron chi connectivity index (χ4n) is 2.68. The van der Waals surface area contributed by atoms with Gasteiger partial charge in [-0.2, -0.15) is 20.9 Å². The zero-order valence-electron chi connectivity index (χ0n) is 14.6. The van der Waals surface area contributed by atoms with Crippen molar-refractivity contribution in [3.05, 3.63) is 47.2 Å². The van der Waals surface area contributed by atoms with Gasteiger partial charge in [0.25, 0.3) is 0 Å². The Morgan fingerprint density at radius 2 is 1.77 bits per heavy atom. The predicted octanol–water partition coefficient (Wildman–Crippen LogP) is 3.43. The van der Waals surface area contributed by atoms with Crippen molar-refractivity contribution in [2.24, 2.45) is 15.9 Å². The lowest BCUT2D eigenvalue weighted by Gasteiger charge is -2.37. The number of aliphatic hydroxyl groups excluding tert-OH is 1. The molecule has 0 atom stereocenters. The number of hydrazone groups is 1. The molecule has 26 heavy (non-hydrogen) atoms. The molecule has 0 unspecified atom stereocenters. The van der Waals surface area contributed by atoms with Gasteiger partial charge in [-0.3, -0.25) is 5.43 Å². The quantitative estimate of drug-likeness (QED) is 0.635. The van der Waals surface area contributed by atoms with Crippen LogP contribution >= 0.6 is 0 Å². The van der Waals surface area contributed by atoms with E-state index in [1.165, 1.54) is 6.21 Å². The van der Waals surface area contributed by atoms with Gasteiger partial charge in [-0.25, -0.2) is 0 Å². The molecule has 130 valence electrons. The minimum atomic E-state index is -1.82. The molecule has 0 spiro atoms. The van der Waals surface area contributed by atoms with Gasteiger partial charge in [-0.05, 0) is 24.3 Å². The van der Waals surface area contributed by atoms with Crippen LogP contribution < -0.4 is 10.2 Å². The van der Waals surface area contributed by atoms with Crippen LogP contribution in [0.25, 0.3) is 0 Å². The summed E-state index contributed by atoms with van der Waals surface area (Å²) in [5.74, 6) is 0.156. The number of rotatable bonds is 4. The summed E-state index contributed by atoms with van der Waals surface area (Å²) in [4.78, 5) is 0. The van der Waals surface area contributed by atoms with Crippen LogP contribution in [0.1, 0.15) is 13.8 Å². The van der Waals surface area contributed by atoms with Gasteiger partial charge in [0.2, 0.25) is 5.41 Å². The molecule has 1 aromatic carbocycles. The van der Waals surface area contributed by atoms with Gasteiger partial charge in [0.1, 0.15) is 23.2 Å². The molecule has 0 saturated heterocycles. The molecule has 1 aliphatic rings. The lowest BCUT2D eigenvalue weighted by Crippen LogP contribution is -2.39. The first-order valence-corrected chi connectivity index (χ1v) is 7.68. The van der Waals surface area contributed by atoms with Crippen molar-refractivity contribution in [1.29, 1.82) is 15.8 Å². The second-order valence-electron chi connectivity index (χ2n) is 6.23. The molecule has 0 aromatic heterocycles. The Bertz CT molecular complexity index is 905. The van der Waals surface area contributed by atoms with E-state index >= 15 is 0 Å². The van der Waals surface area contributed by atoms with Crippen LogP contribution in [-0.4, -0.2) is 18.4 Å². The highest BCUT2D eigenvalue weighted by Crippen LogP contribution is 2.49. The average molecular weight is 347 g/mol. The second kappa shape index (κ2) is 7.01. The maximum absolute atomic E-state index is 10.4. The third-order valence-corrected chi connectivity index (χ3v) is 4.30. The normalized spacial score (nSPS) is 17.6. The number of nitrogens with one attached hydrogen (secondary N) is 1. The van der Waals surface area contributed by atoms with E-state index < -0.39 is 16.6 Å². The minimum absolute atomic E-state index is 0.146. The molecule has 7 nitrogen and oxygen atoms in total. The Balaban J connectivity index is 2.34. The van der Waals surface area contributed by atoms with E-state index in [1.807, 2.05) is 18.2 Å².